The van der Waals surface area contributed by atoms with E-state index >= 15 is 0 Å². The molecule has 1 aromatic carbocycles. The van der Waals surface area contributed by atoms with Crippen molar-refractivity contribution in [2.75, 3.05) is 13.1 Å². The number of rotatable bonds is 5. The Balaban J connectivity index is 1.43. The van der Waals surface area contributed by atoms with Gasteiger partial charge in [0, 0.05) is 48.7 Å². The number of hydrogen-bond acceptors (Lipinski definition) is 4. The fraction of sp³-hybridized carbons (Fsp3) is 0.452. The summed E-state index contributed by atoms with van der Waals surface area (Å²) >= 11 is 6.57. The van der Waals surface area contributed by atoms with E-state index < -0.39 is 5.60 Å². The topological polar surface area (TPSA) is 60.2 Å². The molecule has 38 heavy (non-hydrogen) atoms. The minimum atomic E-state index is -0.491. The first-order valence-corrected chi connectivity index (χ1v) is 14.0. The van der Waals surface area contributed by atoms with Crippen LogP contribution in [0, 0.1) is 12.8 Å². The maximum Gasteiger partial charge on any atom is 0.410 e. The molecule has 2 aliphatic rings. The molecule has 200 valence electrons. The SMILES string of the molecule is Cc1cncn1CCCC1=Cc2cccnc2C(C2CCN(C(=O)OC(C)(C)C)CC2)c2ccc(Cl)cc21. The quantitative estimate of drug-likeness (QED) is 0.344. The standard InChI is InChI=1S/C31H37ClN4O2/c1-21-19-33-20-36(21)14-6-8-23-17-24-7-5-13-34-29(24)28(26-10-9-25(32)18-27(23)26)22-11-15-35(16-12-22)30(37)38-31(2,3)4/h5,7,9-10,13,17-20,22,28H,6,8,11-12,14-16H2,1-4H3. The molecule has 1 saturated heterocycles. The predicted molar refractivity (Wildman–Crippen MR) is 152 cm³/mol. The molecule has 3 aromatic rings. The van der Waals surface area contributed by atoms with E-state index in [2.05, 4.69) is 40.7 Å². The number of imidazole rings is 1. The molecule has 5 rings (SSSR count). The number of carbonyl (C=O) groups is 1. The normalized spacial score (nSPS) is 17.9. The number of fused-ring (bicyclic) bond motifs is 2. The summed E-state index contributed by atoms with van der Waals surface area (Å²) < 4.78 is 7.84. The Hall–Kier alpha value is -3.12. The van der Waals surface area contributed by atoms with E-state index in [0.717, 1.165) is 42.9 Å². The van der Waals surface area contributed by atoms with Gasteiger partial charge in [-0.15, -0.1) is 0 Å². The second-order valence-electron chi connectivity index (χ2n) is 11.5. The van der Waals surface area contributed by atoms with Crippen LogP contribution in [0.4, 0.5) is 4.79 Å². The van der Waals surface area contributed by atoms with Crippen LogP contribution in [0.5, 0.6) is 0 Å². The van der Waals surface area contributed by atoms with Crippen LogP contribution in [0.2, 0.25) is 5.02 Å². The van der Waals surface area contributed by atoms with Crippen LogP contribution in [0.3, 0.4) is 0 Å². The number of likely N-dealkylation sites (tertiary alicyclic amines) is 1. The van der Waals surface area contributed by atoms with Gasteiger partial charge in [-0.25, -0.2) is 9.78 Å². The van der Waals surface area contributed by atoms with Crippen molar-refractivity contribution in [3.63, 3.8) is 0 Å². The zero-order chi connectivity index (χ0) is 26.9. The van der Waals surface area contributed by atoms with Crippen LogP contribution in [0.1, 0.15) is 80.5 Å². The van der Waals surface area contributed by atoms with Crippen molar-refractivity contribution in [1.29, 1.82) is 0 Å². The monoisotopic (exact) mass is 532 g/mol. The summed E-state index contributed by atoms with van der Waals surface area (Å²) in [6.45, 7) is 10.1. The second-order valence-corrected chi connectivity index (χ2v) is 11.9. The molecule has 1 unspecified atom stereocenters. The van der Waals surface area contributed by atoms with E-state index in [4.69, 9.17) is 21.3 Å². The summed E-state index contributed by atoms with van der Waals surface area (Å²) in [4.78, 5) is 23.7. The number of aryl methyl sites for hydroxylation is 2. The van der Waals surface area contributed by atoms with Crippen molar-refractivity contribution in [2.24, 2.45) is 5.92 Å². The number of hydrogen-bond donors (Lipinski definition) is 0. The van der Waals surface area contributed by atoms with Crippen LogP contribution in [0.25, 0.3) is 11.6 Å². The van der Waals surface area contributed by atoms with Crippen molar-refractivity contribution < 1.29 is 9.53 Å². The molecule has 1 aliphatic carbocycles. The molecule has 0 saturated carbocycles. The maximum atomic E-state index is 12.7. The van der Waals surface area contributed by atoms with E-state index in [1.54, 1.807) is 0 Å². The molecule has 0 bridgehead atoms. The minimum Gasteiger partial charge on any atom is -0.444 e. The average molecular weight is 533 g/mol. The third kappa shape index (κ3) is 5.80. The number of allylic oxidation sites excluding steroid dienone is 1. The van der Waals surface area contributed by atoms with Gasteiger partial charge in [-0.3, -0.25) is 4.98 Å². The highest BCUT2D eigenvalue weighted by Gasteiger charge is 2.36. The summed E-state index contributed by atoms with van der Waals surface area (Å²) in [6.07, 6.45) is 11.5. The molecule has 1 fully saturated rings. The zero-order valence-corrected chi connectivity index (χ0v) is 23.5. The van der Waals surface area contributed by atoms with E-state index in [1.165, 1.54) is 28.0 Å². The highest BCUT2D eigenvalue weighted by atomic mass is 35.5. The Bertz CT molecular complexity index is 1330. The van der Waals surface area contributed by atoms with Crippen molar-refractivity contribution in [2.45, 2.75) is 71.4 Å². The fourth-order valence-electron chi connectivity index (χ4n) is 5.79. The molecule has 3 heterocycles. The van der Waals surface area contributed by atoms with Gasteiger partial charge in [-0.1, -0.05) is 23.7 Å². The third-order valence-electron chi connectivity index (χ3n) is 7.62. The van der Waals surface area contributed by atoms with E-state index in [-0.39, 0.29) is 12.0 Å². The van der Waals surface area contributed by atoms with Gasteiger partial charge in [0.1, 0.15) is 5.60 Å². The lowest BCUT2D eigenvalue weighted by Crippen LogP contribution is -2.42. The van der Waals surface area contributed by atoms with Gasteiger partial charge in [0.15, 0.2) is 0 Å². The van der Waals surface area contributed by atoms with Gasteiger partial charge in [0.2, 0.25) is 0 Å². The number of amides is 1. The predicted octanol–water partition coefficient (Wildman–Crippen LogP) is 7.35. The molecule has 7 heteroatoms. The van der Waals surface area contributed by atoms with E-state index in [0.29, 0.717) is 19.0 Å². The molecule has 0 N–H and O–H groups in total. The van der Waals surface area contributed by atoms with Gasteiger partial charge < -0.3 is 14.2 Å². The number of pyridine rings is 1. The lowest BCUT2D eigenvalue weighted by molar-refractivity contribution is 0.0178. The van der Waals surface area contributed by atoms with Crippen LogP contribution in [-0.4, -0.2) is 44.2 Å². The summed E-state index contributed by atoms with van der Waals surface area (Å²) in [7, 11) is 0. The van der Waals surface area contributed by atoms with Gasteiger partial charge in [0.05, 0.1) is 12.0 Å². The van der Waals surface area contributed by atoms with Gasteiger partial charge in [0.25, 0.3) is 0 Å². The molecule has 1 amide bonds. The lowest BCUT2D eigenvalue weighted by Gasteiger charge is -2.37. The highest BCUT2D eigenvalue weighted by Crippen LogP contribution is 2.45. The first kappa shape index (κ1) is 26.5. The third-order valence-corrected chi connectivity index (χ3v) is 7.86. The maximum absolute atomic E-state index is 12.7. The first-order chi connectivity index (χ1) is 18.2. The summed E-state index contributed by atoms with van der Waals surface area (Å²) in [6, 6.07) is 10.5. The van der Waals surface area contributed by atoms with Gasteiger partial charge in [-0.05, 0) is 106 Å². The van der Waals surface area contributed by atoms with Crippen LogP contribution in [0.15, 0.2) is 49.1 Å². The van der Waals surface area contributed by atoms with Crippen LogP contribution in [-0.2, 0) is 11.3 Å². The van der Waals surface area contributed by atoms with Gasteiger partial charge in [-0.2, -0.15) is 0 Å². The molecular weight excluding hydrogens is 496 g/mol. The highest BCUT2D eigenvalue weighted by molar-refractivity contribution is 6.30. The van der Waals surface area contributed by atoms with E-state index in [1.807, 2.05) is 56.5 Å². The minimum absolute atomic E-state index is 0.142. The molecule has 1 aliphatic heterocycles. The number of benzene rings is 1. The molecule has 1 atom stereocenters. The Morgan fingerprint density at radius 1 is 1.18 bits per heavy atom. The Kier molecular flexibility index (Phi) is 7.62. The Labute approximate surface area is 230 Å². The summed E-state index contributed by atoms with van der Waals surface area (Å²) in [5, 5.41) is 0.748. The fourth-order valence-corrected chi connectivity index (χ4v) is 5.96. The number of ether oxygens (including phenoxy) is 1. The second kappa shape index (κ2) is 10.9. The van der Waals surface area contributed by atoms with Crippen LogP contribution < -0.4 is 0 Å². The smallest absolute Gasteiger partial charge is 0.410 e. The van der Waals surface area contributed by atoms with Gasteiger partial charge >= 0.3 is 6.09 Å². The zero-order valence-electron chi connectivity index (χ0n) is 22.8. The number of carbonyl (C=O) groups excluding carboxylic acids is 1. The van der Waals surface area contributed by atoms with Crippen molar-refractivity contribution >= 4 is 29.3 Å². The number of piperidine rings is 1. The first-order valence-electron chi connectivity index (χ1n) is 13.6. The number of aromatic nitrogens is 3. The molecular formula is C31H37ClN4O2. The lowest BCUT2D eigenvalue weighted by atomic mass is 9.76. The molecule has 6 nitrogen and oxygen atoms in total. The van der Waals surface area contributed by atoms with E-state index in [9.17, 15) is 4.79 Å². The van der Waals surface area contributed by atoms with Crippen molar-refractivity contribution in [3.05, 3.63) is 82.2 Å². The average Bonchev–Trinajstić information content (AvgIpc) is 3.23. The molecule has 0 spiro atoms. The number of halogens is 1. The molecule has 0 radical (unpaired) electrons. The summed E-state index contributed by atoms with van der Waals surface area (Å²) in [5.74, 6) is 0.507. The van der Waals surface area contributed by atoms with Crippen LogP contribution >= 0.6 is 11.6 Å². The molecule has 2 aromatic heterocycles. The largest absolute Gasteiger partial charge is 0.444 e. The Morgan fingerprint density at radius 2 is 1.97 bits per heavy atom. The van der Waals surface area contributed by atoms with Crippen molar-refractivity contribution in [1.82, 2.24) is 19.4 Å². The Morgan fingerprint density at radius 3 is 2.68 bits per heavy atom. The van der Waals surface area contributed by atoms with Crippen molar-refractivity contribution in [3.8, 4) is 0 Å². The summed E-state index contributed by atoms with van der Waals surface area (Å²) in [5.41, 5.74) is 6.78. The number of nitrogens with zero attached hydrogens (tertiary/aromatic N) is 4.